The van der Waals surface area contributed by atoms with Crippen LogP contribution < -0.4 is 11.1 Å². The third-order valence-electron chi connectivity index (χ3n) is 4.19. The molecular weight excluding hydrogens is 396 g/mol. The molecule has 0 saturated carbocycles. The van der Waals surface area contributed by atoms with Crippen molar-refractivity contribution in [3.63, 3.8) is 0 Å². The second kappa shape index (κ2) is 10.0. The summed E-state index contributed by atoms with van der Waals surface area (Å²) >= 11 is 0. The number of benzene rings is 1. The zero-order chi connectivity index (χ0) is 19.3. The quantitative estimate of drug-likeness (QED) is 0.666. The number of sulfone groups is 1. The predicted octanol–water partition coefficient (Wildman–Crippen LogP) is 1.38. The van der Waals surface area contributed by atoms with Crippen molar-refractivity contribution in [3.8, 4) is 0 Å². The smallest absolute Gasteiger partial charge is 0.338 e. The molecular formula is C17H25ClN2O6S. The predicted molar refractivity (Wildman–Crippen MR) is 103 cm³/mol. The van der Waals surface area contributed by atoms with Gasteiger partial charge in [-0.05, 0) is 43.9 Å². The summed E-state index contributed by atoms with van der Waals surface area (Å²) in [6.45, 7) is 2.91. The lowest BCUT2D eigenvalue weighted by atomic mass is 9.92. The normalized spacial score (nSPS) is 16.1. The molecule has 0 bridgehead atoms. The van der Waals surface area contributed by atoms with Gasteiger partial charge in [0.1, 0.15) is 0 Å². The lowest BCUT2D eigenvalue weighted by molar-refractivity contribution is -0.119. The molecule has 10 heteroatoms. The molecule has 1 unspecified atom stereocenters. The van der Waals surface area contributed by atoms with Crippen LogP contribution in [0.4, 0.5) is 5.69 Å². The van der Waals surface area contributed by atoms with E-state index in [4.69, 9.17) is 15.2 Å². The molecule has 3 N–H and O–H groups in total. The Hall–Kier alpha value is -1.68. The molecule has 27 heavy (non-hydrogen) atoms. The first kappa shape index (κ1) is 23.4. The van der Waals surface area contributed by atoms with Crippen molar-refractivity contribution >= 4 is 39.8 Å². The summed E-state index contributed by atoms with van der Waals surface area (Å²) < 4.78 is 33.9. The van der Waals surface area contributed by atoms with Gasteiger partial charge in [-0.25, -0.2) is 13.2 Å². The van der Waals surface area contributed by atoms with E-state index in [2.05, 4.69) is 5.32 Å². The zero-order valence-corrected chi connectivity index (χ0v) is 16.9. The average molecular weight is 421 g/mol. The van der Waals surface area contributed by atoms with Gasteiger partial charge in [-0.3, -0.25) is 4.79 Å². The third-order valence-corrected chi connectivity index (χ3v) is 5.28. The minimum Gasteiger partial charge on any atom is -0.462 e. The number of nitrogens with two attached hydrogens (primary N) is 1. The van der Waals surface area contributed by atoms with E-state index in [9.17, 15) is 18.0 Å². The van der Waals surface area contributed by atoms with Crippen LogP contribution in [-0.4, -0.2) is 52.4 Å². The Balaban J connectivity index is 0.00000364. The van der Waals surface area contributed by atoms with Gasteiger partial charge in [0.25, 0.3) is 0 Å². The Labute approximate surface area is 165 Å². The van der Waals surface area contributed by atoms with E-state index in [1.807, 2.05) is 0 Å². The molecule has 1 atom stereocenters. The number of rotatable bonds is 6. The fraction of sp³-hybridized carbons (Fsp3) is 0.529. The van der Waals surface area contributed by atoms with Crippen LogP contribution in [0.5, 0.6) is 0 Å². The number of hydrogen-bond acceptors (Lipinski definition) is 7. The van der Waals surface area contributed by atoms with Crippen LogP contribution in [-0.2, 0) is 24.1 Å². The summed E-state index contributed by atoms with van der Waals surface area (Å²) in [5.41, 5.74) is 6.26. The van der Waals surface area contributed by atoms with Crippen LogP contribution in [0.25, 0.3) is 0 Å². The lowest BCUT2D eigenvalue weighted by Crippen LogP contribution is -2.44. The van der Waals surface area contributed by atoms with Crippen LogP contribution in [0, 0.1) is 5.92 Å². The summed E-state index contributed by atoms with van der Waals surface area (Å²) in [6.07, 6.45) is 2.40. The second-order valence-corrected chi connectivity index (χ2v) is 8.22. The number of ether oxygens (including phenoxy) is 2. The topological polar surface area (TPSA) is 125 Å². The molecule has 0 aliphatic carbocycles. The van der Waals surface area contributed by atoms with Gasteiger partial charge < -0.3 is 20.5 Å². The first-order valence-electron chi connectivity index (χ1n) is 8.39. The fourth-order valence-electron chi connectivity index (χ4n) is 2.73. The number of amides is 1. The van der Waals surface area contributed by atoms with E-state index in [-0.39, 0.29) is 41.1 Å². The first-order valence-corrected chi connectivity index (χ1v) is 10.3. The summed E-state index contributed by atoms with van der Waals surface area (Å²) in [7, 11) is -3.58. The molecule has 1 saturated heterocycles. The van der Waals surface area contributed by atoms with Crippen LogP contribution in [0.1, 0.15) is 30.1 Å². The van der Waals surface area contributed by atoms with Crippen LogP contribution in [0.3, 0.4) is 0 Å². The average Bonchev–Trinajstić information content (AvgIpc) is 2.61. The van der Waals surface area contributed by atoms with Gasteiger partial charge in [-0.15, -0.1) is 12.4 Å². The standard InChI is InChI=1S/C17H24N2O6S.ClH/c1-3-25-17(21)12-8-13(10-14(9-12)26(2,22)23)19-16(20)15(18)11-4-6-24-7-5-11;/h8-11,15H,3-7,18H2,1-2H3,(H,19,20);1H. The highest BCUT2D eigenvalue weighted by molar-refractivity contribution is 7.90. The van der Waals surface area contributed by atoms with Crippen LogP contribution >= 0.6 is 12.4 Å². The van der Waals surface area contributed by atoms with Crippen LogP contribution in [0.15, 0.2) is 23.1 Å². The molecule has 0 radical (unpaired) electrons. The molecule has 1 aromatic rings. The van der Waals surface area contributed by atoms with Gasteiger partial charge >= 0.3 is 5.97 Å². The van der Waals surface area contributed by atoms with Crippen molar-refractivity contribution in [2.75, 3.05) is 31.4 Å². The number of nitrogens with one attached hydrogen (secondary N) is 1. The van der Waals surface area contributed by atoms with Gasteiger partial charge in [-0.1, -0.05) is 0 Å². The summed E-state index contributed by atoms with van der Waals surface area (Å²) in [6, 6.07) is 3.15. The highest BCUT2D eigenvalue weighted by atomic mass is 35.5. The number of carbonyl (C=O) groups excluding carboxylic acids is 2. The van der Waals surface area contributed by atoms with Crippen molar-refractivity contribution in [3.05, 3.63) is 23.8 Å². The molecule has 1 amide bonds. The van der Waals surface area contributed by atoms with Gasteiger partial charge in [0.2, 0.25) is 5.91 Å². The molecule has 152 valence electrons. The summed E-state index contributed by atoms with van der Waals surface area (Å²) in [4.78, 5) is 24.3. The number of anilines is 1. The van der Waals surface area contributed by atoms with E-state index in [1.165, 1.54) is 18.2 Å². The van der Waals surface area contributed by atoms with E-state index >= 15 is 0 Å². The number of carbonyl (C=O) groups is 2. The second-order valence-electron chi connectivity index (χ2n) is 6.20. The molecule has 1 fully saturated rings. The molecule has 1 aromatic carbocycles. The van der Waals surface area contributed by atoms with Crippen LogP contribution in [0.2, 0.25) is 0 Å². The molecule has 0 aromatic heterocycles. The molecule has 8 nitrogen and oxygen atoms in total. The Morgan fingerprint density at radius 3 is 2.48 bits per heavy atom. The molecule has 1 aliphatic heterocycles. The Bertz CT molecular complexity index is 778. The van der Waals surface area contributed by atoms with E-state index in [0.717, 1.165) is 6.26 Å². The van der Waals surface area contributed by atoms with Crippen molar-refractivity contribution in [1.82, 2.24) is 0 Å². The lowest BCUT2D eigenvalue weighted by Gasteiger charge is -2.26. The molecule has 0 spiro atoms. The Morgan fingerprint density at radius 1 is 1.30 bits per heavy atom. The fourth-order valence-corrected chi connectivity index (χ4v) is 3.41. The summed E-state index contributed by atoms with van der Waals surface area (Å²) in [5, 5.41) is 2.61. The molecule has 1 heterocycles. The molecule has 2 rings (SSSR count). The van der Waals surface area contributed by atoms with Gasteiger partial charge in [0, 0.05) is 25.2 Å². The number of esters is 1. The van der Waals surface area contributed by atoms with Crippen molar-refractivity contribution in [2.24, 2.45) is 11.7 Å². The highest BCUT2D eigenvalue weighted by Crippen LogP contribution is 2.22. The van der Waals surface area contributed by atoms with Crippen molar-refractivity contribution in [2.45, 2.75) is 30.7 Å². The van der Waals surface area contributed by atoms with Crippen molar-refractivity contribution in [1.29, 1.82) is 0 Å². The number of halogens is 1. The maximum atomic E-state index is 12.4. The number of hydrogen-bond donors (Lipinski definition) is 2. The minimum absolute atomic E-state index is 0. The van der Waals surface area contributed by atoms with Crippen molar-refractivity contribution < 1.29 is 27.5 Å². The SMILES string of the molecule is CCOC(=O)c1cc(NC(=O)C(N)C2CCOCC2)cc(S(C)(=O)=O)c1.Cl. The third kappa shape index (κ3) is 6.46. The molecule has 1 aliphatic rings. The Morgan fingerprint density at radius 2 is 1.93 bits per heavy atom. The Kier molecular flexibility index (Phi) is 8.67. The maximum Gasteiger partial charge on any atom is 0.338 e. The van der Waals surface area contributed by atoms with E-state index in [1.54, 1.807) is 6.92 Å². The van der Waals surface area contributed by atoms with Gasteiger partial charge in [0.05, 0.1) is 23.1 Å². The highest BCUT2D eigenvalue weighted by Gasteiger charge is 2.27. The van der Waals surface area contributed by atoms with E-state index < -0.39 is 27.8 Å². The maximum absolute atomic E-state index is 12.4. The minimum atomic E-state index is -3.58. The zero-order valence-electron chi connectivity index (χ0n) is 15.3. The van der Waals surface area contributed by atoms with Gasteiger partial charge in [-0.2, -0.15) is 0 Å². The van der Waals surface area contributed by atoms with Gasteiger partial charge in [0.15, 0.2) is 9.84 Å². The monoisotopic (exact) mass is 420 g/mol. The van der Waals surface area contributed by atoms with E-state index in [0.29, 0.717) is 26.1 Å². The largest absolute Gasteiger partial charge is 0.462 e. The summed E-state index contributed by atoms with van der Waals surface area (Å²) in [5.74, 6) is -1.11. The first-order chi connectivity index (χ1) is 12.2.